The van der Waals surface area contributed by atoms with Crippen molar-refractivity contribution in [1.82, 2.24) is 5.32 Å². The van der Waals surface area contributed by atoms with Crippen molar-refractivity contribution in [2.24, 2.45) is 0 Å². The van der Waals surface area contributed by atoms with E-state index in [9.17, 15) is 19.2 Å². The topological polar surface area (TPSA) is 111 Å². The van der Waals surface area contributed by atoms with E-state index in [1.165, 1.54) is 20.3 Å². The molecule has 3 rings (SSSR count). The summed E-state index contributed by atoms with van der Waals surface area (Å²) in [6.45, 7) is 5.22. The number of esters is 1. The quantitative estimate of drug-likeness (QED) is 0.234. The van der Waals surface area contributed by atoms with Gasteiger partial charge >= 0.3 is 12.0 Å². The van der Waals surface area contributed by atoms with Gasteiger partial charge in [-0.2, -0.15) is 0 Å². The molecule has 1 aliphatic rings. The van der Waals surface area contributed by atoms with Crippen LogP contribution < -0.4 is 19.7 Å². The van der Waals surface area contributed by atoms with Gasteiger partial charge < -0.3 is 14.2 Å². The summed E-state index contributed by atoms with van der Waals surface area (Å²) in [7, 11) is 2.67. The molecule has 0 atom stereocenters. The molecule has 0 spiro atoms. The molecule has 1 N–H and O–H groups in total. The molecule has 182 valence electrons. The molecular formula is C25H23BrN2O7. The maximum absolute atomic E-state index is 13.2. The van der Waals surface area contributed by atoms with Crippen LogP contribution in [0.5, 0.6) is 11.5 Å². The number of aryl methyl sites for hydroxylation is 1. The molecule has 10 heteroatoms. The van der Waals surface area contributed by atoms with Crippen molar-refractivity contribution >= 4 is 51.5 Å². The minimum atomic E-state index is -0.838. The number of carbonyl (C=O) groups excluding carboxylic acids is 4. The number of hydrogen-bond donors (Lipinski definition) is 1. The molecule has 4 amide bonds. The molecule has 1 aliphatic heterocycles. The van der Waals surface area contributed by atoms with Gasteiger partial charge in [0, 0.05) is 10.0 Å². The molecule has 0 aliphatic carbocycles. The van der Waals surface area contributed by atoms with Crippen LogP contribution in [0.15, 0.2) is 53.0 Å². The predicted molar refractivity (Wildman–Crippen MR) is 132 cm³/mol. The Morgan fingerprint density at radius 3 is 2.54 bits per heavy atom. The van der Waals surface area contributed by atoms with E-state index < -0.39 is 23.8 Å². The standard InChI is InChI=1S/C25H23BrN2O7/c1-5-6-16-10-15(12-20(33-3)22(16)35-13-21(29)34-4)11-18-23(30)27-25(32)28(24(18)31)17-7-8-19(26)14(2)9-17/h5,7-12H,1,6,13H2,2-4H3,(H,27,30,32)/b18-11+. The second-order valence-corrected chi connectivity index (χ2v) is 8.31. The van der Waals surface area contributed by atoms with Crippen LogP contribution in [0.3, 0.4) is 0 Å². The molecule has 1 saturated heterocycles. The lowest BCUT2D eigenvalue weighted by Gasteiger charge is -2.26. The Morgan fingerprint density at radius 2 is 1.91 bits per heavy atom. The van der Waals surface area contributed by atoms with E-state index in [0.717, 1.165) is 14.9 Å². The fraction of sp³-hybridized carbons (Fsp3) is 0.200. The maximum Gasteiger partial charge on any atom is 0.343 e. The zero-order valence-electron chi connectivity index (χ0n) is 19.3. The Morgan fingerprint density at radius 1 is 1.17 bits per heavy atom. The van der Waals surface area contributed by atoms with E-state index in [1.54, 1.807) is 36.4 Å². The number of anilines is 1. The molecule has 0 aromatic heterocycles. The van der Waals surface area contributed by atoms with Gasteiger partial charge in [0.15, 0.2) is 18.1 Å². The monoisotopic (exact) mass is 542 g/mol. The van der Waals surface area contributed by atoms with Crippen LogP contribution >= 0.6 is 15.9 Å². The zero-order valence-corrected chi connectivity index (χ0v) is 20.9. The number of rotatable bonds is 8. The fourth-order valence-corrected chi connectivity index (χ4v) is 3.65. The smallest absolute Gasteiger partial charge is 0.343 e. The van der Waals surface area contributed by atoms with E-state index in [4.69, 9.17) is 9.47 Å². The van der Waals surface area contributed by atoms with Crippen LogP contribution in [-0.4, -0.2) is 44.6 Å². The molecule has 2 aromatic rings. The van der Waals surface area contributed by atoms with Crippen LogP contribution in [0.25, 0.3) is 6.08 Å². The number of nitrogens with one attached hydrogen (secondary N) is 1. The summed E-state index contributed by atoms with van der Waals surface area (Å²) in [5.41, 5.74) is 1.95. The lowest BCUT2D eigenvalue weighted by atomic mass is 10.0. The molecule has 1 heterocycles. The maximum atomic E-state index is 13.2. The van der Waals surface area contributed by atoms with Crippen LogP contribution in [0.2, 0.25) is 0 Å². The van der Waals surface area contributed by atoms with Crippen LogP contribution in [0.1, 0.15) is 16.7 Å². The number of carbonyl (C=O) groups is 4. The highest BCUT2D eigenvalue weighted by atomic mass is 79.9. The minimum Gasteiger partial charge on any atom is -0.493 e. The number of urea groups is 1. The van der Waals surface area contributed by atoms with Crippen molar-refractivity contribution in [3.63, 3.8) is 0 Å². The summed E-state index contributed by atoms with van der Waals surface area (Å²) in [4.78, 5) is 50.7. The number of halogens is 1. The SMILES string of the molecule is C=CCc1cc(/C=C2\C(=O)NC(=O)N(c3ccc(Br)c(C)c3)C2=O)cc(OC)c1OCC(=O)OC. The van der Waals surface area contributed by atoms with Crippen LogP contribution in [0.4, 0.5) is 10.5 Å². The van der Waals surface area contributed by atoms with Gasteiger partial charge in [-0.1, -0.05) is 22.0 Å². The molecule has 9 nitrogen and oxygen atoms in total. The third-order valence-corrected chi connectivity index (χ3v) is 6.00. The number of ether oxygens (including phenoxy) is 3. The van der Waals surface area contributed by atoms with Gasteiger partial charge in [-0.15, -0.1) is 6.58 Å². The first-order valence-electron chi connectivity index (χ1n) is 10.4. The Bertz CT molecular complexity index is 1250. The Hall–Kier alpha value is -3.92. The second kappa shape index (κ2) is 11.0. The normalized spacial score (nSPS) is 14.6. The first kappa shape index (κ1) is 25.7. The number of amides is 4. The molecule has 1 fully saturated rings. The summed E-state index contributed by atoms with van der Waals surface area (Å²) < 4.78 is 16.4. The molecular weight excluding hydrogens is 520 g/mol. The molecule has 35 heavy (non-hydrogen) atoms. The van der Waals surface area contributed by atoms with Crippen molar-refractivity contribution in [3.05, 3.63) is 69.7 Å². The number of allylic oxidation sites excluding steroid dienone is 1. The number of barbiturate groups is 1. The molecule has 0 radical (unpaired) electrons. The summed E-state index contributed by atoms with van der Waals surface area (Å²) in [5, 5.41) is 2.21. The third kappa shape index (κ3) is 5.60. The van der Waals surface area contributed by atoms with Gasteiger partial charge in [0.05, 0.1) is 19.9 Å². The first-order chi connectivity index (χ1) is 16.7. The summed E-state index contributed by atoms with van der Waals surface area (Å²) >= 11 is 3.39. The predicted octanol–water partition coefficient (Wildman–Crippen LogP) is 3.71. The number of methoxy groups -OCH3 is 2. The highest BCUT2D eigenvalue weighted by molar-refractivity contribution is 9.10. The van der Waals surface area contributed by atoms with E-state index >= 15 is 0 Å². The molecule has 0 unspecified atom stereocenters. The summed E-state index contributed by atoms with van der Waals surface area (Å²) in [6.07, 6.45) is 3.35. The number of hydrogen-bond acceptors (Lipinski definition) is 7. The van der Waals surface area contributed by atoms with Crippen molar-refractivity contribution in [2.45, 2.75) is 13.3 Å². The summed E-state index contributed by atoms with van der Waals surface area (Å²) in [5.74, 6) is -1.57. The number of nitrogens with zero attached hydrogens (tertiary/aromatic N) is 1. The van der Waals surface area contributed by atoms with Crippen LogP contribution in [0, 0.1) is 6.92 Å². The van der Waals surface area contributed by atoms with Crippen molar-refractivity contribution < 1.29 is 33.4 Å². The second-order valence-electron chi connectivity index (χ2n) is 7.46. The molecule has 0 saturated carbocycles. The lowest BCUT2D eigenvalue weighted by molar-refractivity contribution is -0.143. The van der Waals surface area contributed by atoms with Crippen molar-refractivity contribution in [1.29, 1.82) is 0 Å². The lowest BCUT2D eigenvalue weighted by Crippen LogP contribution is -2.54. The molecule has 0 bridgehead atoms. The highest BCUT2D eigenvalue weighted by Gasteiger charge is 2.37. The van der Waals surface area contributed by atoms with Gasteiger partial charge in [-0.25, -0.2) is 14.5 Å². The Labute approximate surface area is 210 Å². The molecule has 2 aromatic carbocycles. The van der Waals surface area contributed by atoms with Gasteiger partial charge in [-0.05, 0) is 60.9 Å². The van der Waals surface area contributed by atoms with Gasteiger partial charge in [0.25, 0.3) is 11.8 Å². The largest absolute Gasteiger partial charge is 0.493 e. The zero-order chi connectivity index (χ0) is 25.7. The fourth-order valence-electron chi connectivity index (χ4n) is 3.41. The van der Waals surface area contributed by atoms with Crippen molar-refractivity contribution in [2.75, 3.05) is 25.7 Å². The van der Waals surface area contributed by atoms with E-state index in [2.05, 4.69) is 32.6 Å². The van der Waals surface area contributed by atoms with Crippen LogP contribution in [-0.2, 0) is 25.5 Å². The van der Waals surface area contributed by atoms with E-state index in [-0.39, 0.29) is 17.9 Å². The highest BCUT2D eigenvalue weighted by Crippen LogP contribution is 2.35. The Balaban J connectivity index is 2.04. The average molecular weight is 543 g/mol. The van der Waals surface area contributed by atoms with Crippen molar-refractivity contribution in [3.8, 4) is 11.5 Å². The summed E-state index contributed by atoms with van der Waals surface area (Å²) in [6, 6.07) is 7.36. The minimum absolute atomic E-state index is 0.236. The average Bonchev–Trinajstić information content (AvgIpc) is 2.82. The number of benzene rings is 2. The third-order valence-electron chi connectivity index (χ3n) is 5.11. The Kier molecular flexibility index (Phi) is 8.08. The van der Waals surface area contributed by atoms with E-state index in [1.807, 2.05) is 6.92 Å². The van der Waals surface area contributed by atoms with Gasteiger partial charge in [0.2, 0.25) is 0 Å². The first-order valence-corrected chi connectivity index (χ1v) is 11.2. The van der Waals surface area contributed by atoms with E-state index in [0.29, 0.717) is 29.0 Å². The van der Waals surface area contributed by atoms with Gasteiger partial charge in [0.1, 0.15) is 5.57 Å². The number of imide groups is 2. The van der Waals surface area contributed by atoms with Gasteiger partial charge in [-0.3, -0.25) is 14.9 Å².